The van der Waals surface area contributed by atoms with E-state index in [4.69, 9.17) is 5.11 Å². The van der Waals surface area contributed by atoms with Crippen LogP contribution in [0.25, 0.3) is 0 Å². The molecule has 0 saturated heterocycles. The van der Waals surface area contributed by atoms with E-state index in [0.29, 0.717) is 0 Å². The minimum atomic E-state index is -0.341. The maximum atomic E-state index is 9.96. The van der Waals surface area contributed by atoms with Crippen molar-refractivity contribution >= 4 is 0 Å². The van der Waals surface area contributed by atoms with Crippen LogP contribution in [0.5, 0.6) is 0 Å². The van der Waals surface area contributed by atoms with Crippen molar-refractivity contribution in [2.45, 2.75) is 77.4 Å². The quantitative estimate of drug-likeness (QED) is 0.471. The van der Waals surface area contributed by atoms with Crippen LogP contribution in [-0.2, 0) is 0 Å². The van der Waals surface area contributed by atoms with Gasteiger partial charge in [0.05, 0.1) is 12.2 Å². The Morgan fingerprint density at radius 2 is 1.12 bits per heavy atom. The third-order valence-electron chi connectivity index (χ3n) is 4.55. The fraction of sp³-hybridized carbons (Fsp3) is 0.500. The molecule has 2 atom stereocenters. The van der Waals surface area contributed by atoms with Crippen molar-refractivity contribution in [2.24, 2.45) is 0 Å². The van der Waals surface area contributed by atoms with Crippen molar-refractivity contribution in [1.29, 1.82) is 0 Å². The average Bonchev–Trinajstić information content (AvgIpc) is 2.69. The Kier molecular flexibility index (Phi) is 12.5. The van der Waals surface area contributed by atoms with E-state index in [-0.39, 0.29) is 12.2 Å². The number of benzene rings is 2. The van der Waals surface area contributed by atoms with Gasteiger partial charge in [-0.2, -0.15) is 0 Å². The summed E-state index contributed by atoms with van der Waals surface area (Å²) < 4.78 is 0. The van der Waals surface area contributed by atoms with E-state index in [2.05, 4.69) is 6.92 Å². The standard InChI is InChI=1S/C16H26O.C8H10O/c1-2-3-4-5-6-7-11-14-16(17)15-12-9-8-10-13-15;1-7(9)8-5-3-2-4-6-8/h8-10,12-13,16-17H,2-7,11,14H2,1H3;2-7,9H,1H3. The number of rotatable bonds is 10. The van der Waals surface area contributed by atoms with Crippen LogP contribution >= 0.6 is 0 Å². The molecule has 2 aromatic carbocycles. The van der Waals surface area contributed by atoms with Crippen LogP contribution in [0.1, 0.15) is 88.5 Å². The molecule has 2 aromatic rings. The molecule has 0 heterocycles. The van der Waals surface area contributed by atoms with Gasteiger partial charge >= 0.3 is 0 Å². The van der Waals surface area contributed by atoms with E-state index >= 15 is 0 Å². The van der Waals surface area contributed by atoms with E-state index in [9.17, 15) is 5.11 Å². The summed E-state index contributed by atoms with van der Waals surface area (Å²) in [4.78, 5) is 0. The van der Waals surface area contributed by atoms with Crippen LogP contribution in [0.2, 0.25) is 0 Å². The minimum Gasteiger partial charge on any atom is -0.389 e. The normalized spacial score (nSPS) is 12.8. The maximum Gasteiger partial charge on any atom is 0.0790 e. The molecule has 0 saturated carbocycles. The Hall–Kier alpha value is -1.64. The molecule has 0 amide bonds. The largest absolute Gasteiger partial charge is 0.389 e. The Labute approximate surface area is 159 Å². The molecule has 144 valence electrons. The molecule has 2 unspecified atom stereocenters. The van der Waals surface area contributed by atoms with E-state index < -0.39 is 0 Å². The van der Waals surface area contributed by atoms with Crippen molar-refractivity contribution in [1.82, 2.24) is 0 Å². The molecule has 0 spiro atoms. The third kappa shape index (κ3) is 10.4. The van der Waals surface area contributed by atoms with E-state index in [1.54, 1.807) is 6.92 Å². The summed E-state index contributed by atoms with van der Waals surface area (Å²) in [5.74, 6) is 0. The van der Waals surface area contributed by atoms with Gasteiger partial charge in [-0.1, -0.05) is 113 Å². The topological polar surface area (TPSA) is 40.5 Å². The van der Waals surface area contributed by atoms with Gasteiger partial charge in [-0.15, -0.1) is 0 Å². The zero-order valence-corrected chi connectivity index (χ0v) is 16.5. The van der Waals surface area contributed by atoms with Crippen LogP contribution in [0, 0.1) is 0 Å². The lowest BCUT2D eigenvalue weighted by molar-refractivity contribution is 0.163. The molecule has 2 heteroatoms. The molecule has 0 fully saturated rings. The Morgan fingerprint density at radius 3 is 1.58 bits per heavy atom. The monoisotopic (exact) mass is 356 g/mol. The molecule has 0 aromatic heterocycles. The highest BCUT2D eigenvalue weighted by atomic mass is 16.3. The Balaban J connectivity index is 0.000000314. The highest BCUT2D eigenvalue weighted by molar-refractivity contribution is 5.17. The summed E-state index contributed by atoms with van der Waals surface area (Å²) in [6, 6.07) is 19.6. The molecule has 2 rings (SSSR count). The fourth-order valence-electron chi connectivity index (χ4n) is 2.87. The summed E-state index contributed by atoms with van der Waals surface area (Å²) >= 11 is 0. The molecule has 26 heavy (non-hydrogen) atoms. The lowest BCUT2D eigenvalue weighted by Crippen LogP contribution is -1.96. The lowest BCUT2D eigenvalue weighted by Gasteiger charge is -2.10. The van der Waals surface area contributed by atoms with Gasteiger partial charge in [0.2, 0.25) is 0 Å². The minimum absolute atomic E-state index is 0.271. The van der Waals surface area contributed by atoms with E-state index in [1.165, 1.54) is 38.5 Å². The van der Waals surface area contributed by atoms with Gasteiger partial charge < -0.3 is 10.2 Å². The van der Waals surface area contributed by atoms with Gasteiger partial charge in [0.25, 0.3) is 0 Å². The zero-order chi connectivity index (χ0) is 19.0. The van der Waals surface area contributed by atoms with Gasteiger partial charge in [-0.05, 0) is 24.5 Å². The molecule has 2 N–H and O–H groups in total. The first kappa shape index (κ1) is 22.4. The fourth-order valence-corrected chi connectivity index (χ4v) is 2.87. The van der Waals surface area contributed by atoms with Gasteiger partial charge in [0.1, 0.15) is 0 Å². The third-order valence-corrected chi connectivity index (χ3v) is 4.55. The van der Waals surface area contributed by atoms with Crippen molar-refractivity contribution in [3.8, 4) is 0 Å². The van der Waals surface area contributed by atoms with Gasteiger partial charge in [0, 0.05) is 0 Å². The first-order chi connectivity index (χ1) is 12.6. The van der Waals surface area contributed by atoms with Crippen LogP contribution in [0.4, 0.5) is 0 Å². The summed E-state index contributed by atoms with van der Waals surface area (Å²) in [5, 5.41) is 19.0. The molecule has 0 aliphatic heterocycles. The lowest BCUT2D eigenvalue weighted by atomic mass is 10.0. The first-order valence-corrected chi connectivity index (χ1v) is 10.1. The van der Waals surface area contributed by atoms with Crippen molar-refractivity contribution < 1.29 is 10.2 Å². The second-order valence-electron chi connectivity index (χ2n) is 6.92. The molecule has 0 radical (unpaired) electrons. The second kappa shape index (κ2) is 14.5. The van der Waals surface area contributed by atoms with Crippen LogP contribution in [0.15, 0.2) is 60.7 Å². The Bertz CT molecular complexity index is 537. The van der Waals surface area contributed by atoms with Crippen LogP contribution in [0.3, 0.4) is 0 Å². The molecular formula is C24H36O2. The Morgan fingerprint density at radius 1 is 0.654 bits per heavy atom. The van der Waals surface area contributed by atoms with Crippen molar-refractivity contribution in [2.75, 3.05) is 0 Å². The van der Waals surface area contributed by atoms with E-state index in [1.807, 2.05) is 60.7 Å². The van der Waals surface area contributed by atoms with Gasteiger partial charge in [0.15, 0.2) is 0 Å². The summed E-state index contributed by atoms with van der Waals surface area (Å²) in [6.45, 7) is 4.01. The zero-order valence-electron chi connectivity index (χ0n) is 16.5. The number of hydrogen-bond acceptors (Lipinski definition) is 2. The first-order valence-electron chi connectivity index (χ1n) is 10.1. The average molecular weight is 357 g/mol. The highest BCUT2D eigenvalue weighted by Crippen LogP contribution is 2.19. The molecule has 0 aliphatic rings. The molecule has 0 bridgehead atoms. The number of aliphatic hydroxyl groups excluding tert-OH is 2. The van der Waals surface area contributed by atoms with Crippen molar-refractivity contribution in [3.63, 3.8) is 0 Å². The number of aliphatic hydroxyl groups is 2. The number of unbranched alkanes of at least 4 members (excludes halogenated alkanes) is 6. The smallest absolute Gasteiger partial charge is 0.0790 e. The molecule has 2 nitrogen and oxygen atoms in total. The predicted octanol–water partition coefficient (Wildman–Crippen LogP) is 6.60. The summed E-state index contributed by atoms with van der Waals surface area (Å²) in [6.07, 6.45) is 9.42. The van der Waals surface area contributed by atoms with Crippen molar-refractivity contribution in [3.05, 3.63) is 71.8 Å². The number of hydrogen-bond donors (Lipinski definition) is 2. The van der Waals surface area contributed by atoms with Crippen LogP contribution < -0.4 is 0 Å². The second-order valence-corrected chi connectivity index (χ2v) is 6.92. The summed E-state index contributed by atoms with van der Waals surface area (Å²) in [7, 11) is 0. The predicted molar refractivity (Wildman–Crippen MR) is 111 cm³/mol. The SMILES string of the molecule is CC(O)c1ccccc1.CCCCCCCCCC(O)c1ccccc1. The highest BCUT2D eigenvalue weighted by Gasteiger charge is 2.05. The van der Waals surface area contributed by atoms with Gasteiger partial charge in [-0.25, -0.2) is 0 Å². The van der Waals surface area contributed by atoms with Crippen LogP contribution in [-0.4, -0.2) is 10.2 Å². The molecule has 0 aliphatic carbocycles. The van der Waals surface area contributed by atoms with Gasteiger partial charge in [-0.3, -0.25) is 0 Å². The van der Waals surface area contributed by atoms with E-state index in [0.717, 1.165) is 24.0 Å². The maximum absolute atomic E-state index is 9.96. The molecular weight excluding hydrogens is 320 g/mol. The summed E-state index contributed by atoms with van der Waals surface area (Å²) in [5.41, 5.74) is 2.02.